The average molecular weight is 686 g/mol. The van der Waals surface area contributed by atoms with Gasteiger partial charge in [0.05, 0.1) is 31.7 Å². The van der Waals surface area contributed by atoms with E-state index in [1.807, 2.05) is 0 Å². The quantitative estimate of drug-likeness (QED) is 0.311. The van der Waals surface area contributed by atoms with Crippen molar-refractivity contribution in [2.45, 2.75) is 36.5 Å². The number of likely N-dealkylation sites (tertiary alicyclic amines) is 1. The third kappa shape index (κ3) is 6.87. The van der Waals surface area contributed by atoms with Crippen molar-refractivity contribution in [2.75, 3.05) is 69.9 Å². The second-order valence-electron chi connectivity index (χ2n) is 13.0. The molecule has 14 heteroatoms. The first-order valence-electron chi connectivity index (χ1n) is 16.2. The minimum atomic E-state index is -4.59. The molecule has 1 aromatic heterocycles. The van der Waals surface area contributed by atoms with E-state index in [0.717, 1.165) is 12.1 Å². The number of rotatable bonds is 9. The molecule has 3 aliphatic rings. The van der Waals surface area contributed by atoms with Gasteiger partial charge < -0.3 is 29.3 Å². The highest BCUT2D eigenvalue weighted by molar-refractivity contribution is 5.89. The predicted octanol–water partition coefficient (Wildman–Crippen LogP) is 5.01. The molecule has 3 aromatic rings. The van der Waals surface area contributed by atoms with Gasteiger partial charge in [-0.3, -0.25) is 9.59 Å². The van der Waals surface area contributed by atoms with E-state index in [4.69, 9.17) is 9.47 Å². The van der Waals surface area contributed by atoms with Gasteiger partial charge in [-0.05, 0) is 54.3 Å². The lowest BCUT2D eigenvalue weighted by atomic mass is 9.85. The lowest BCUT2D eigenvalue weighted by Crippen LogP contribution is -2.50. The summed E-state index contributed by atoms with van der Waals surface area (Å²) in [5.74, 6) is -2.99. The van der Waals surface area contributed by atoms with Gasteiger partial charge in [0.1, 0.15) is 5.75 Å². The predicted molar refractivity (Wildman–Crippen MR) is 173 cm³/mol. The van der Waals surface area contributed by atoms with Crippen molar-refractivity contribution in [1.82, 2.24) is 14.9 Å². The third-order valence-corrected chi connectivity index (χ3v) is 10.1. The molecule has 1 amide bonds. The highest BCUT2D eigenvalue weighted by Gasteiger charge is 2.57. The van der Waals surface area contributed by atoms with Crippen LogP contribution >= 0.6 is 0 Å². The average Bonchev–Trinajstić information content (AvgIpc) is 3.69. The van der Waals surface area contributed by atoms with Gasteiger partial charge in [-0.2, -0.15) is 13.2 Å². The topological polar surface area (TPSA) is 108 Å². The molecule has 3 saturated heterocycles. The Bertz CT molecular complexity index is 1640. The number of carbonyl (C=O) groups excluding carboxylic acids is 1. The Balaban J connectivity index is 1.33. The van der Waals surface area contributed by atoms with Crippen LogP contribution in [0.3, 0.4) is 0 Å². The van der Waals surface area contributed by atoms with Crippen LogP contribution in [-0.2, 0) is 20.5 Å². The minimum absolute atomic E-state index is 0.0691. The summed E-state index contributed by atoms with van der Waals surface area (Å²) in [7, 11) is 3.04. The smallest absolute Gasteiger partial charge is 0.416 e. The number of carboxylic acids is 1. The van der Waals surface area contributed by atoms with Crippen LogP contribution < -0.4 is 14.5 Å². The number of amides is 1. The molecule has 2 aromatic carbocycles. The van der Waals surface area contributed by atoms with Crippen LogP contribution in [0.25, 0.3) is 0 Å². The zero-order valence-electron chi connectivity index (χ0n) is 27.3. The second-order valence-corrected chi connectivity index (χ2v) is 13.0. The van der Waals surface area contributed by atoms with E-state index in [1.165, 1.54) is 25.2 Å². The number of nitrogens with zero attached hydrogens (tertiary/aromatic N) is 5. The van der Waals surface area contributed by atoms with E-state index in [9.17, 15) is 27.9 Å². The monoisotopic (exact) mass is 685 g/mol. The third-order valence-electron chi connectivity index (χ3n) is 10.1. The van der Waals surface area contributed by atoms with Crippen molar-refractivity contribution in [3.8, 4) is 5.75 Å². The van der Waals surface area contributed by atoms with Crippen molar-refractivity contribution in [1.29, 1.82) is 0 Å². The van der Waals surface area contributed by atoms with Crippen LogP contribution in [0.5, 0.6) is 5.75 Å². The molecule has 1 N–H and O–H groups in total. The highest BCUT2D eigenvalue weighted by Crippen LogP contribution is 2.46. The van der Waals surface area contributed by atoms with Gasteiger partial charge in [-0.25, -0.2) is 14.4 Å². The lowest BCUT2D eigenvalue weighted by Gasteiger charge is -2.35. The molecule has 0 bridgehead atoms. The van der Waals surface area contributed by atoms with Gasteiger partial charge in [-0.15, -0.1) is 0 Å². The molecule has 0 saturated carbocycles. The second kappa shape index (κ2) is 13.8. The van der Waals surface area contributed by atoms with Crippen LogP contribution in [0.2, 0.25) is 0 Å². The molecular formula is C35H39F4N5O5. The SMILES string of the molecule is COC[C@H]1CN(C(=O)[C@]2(F)CN(c3ncccn3)C[C@H]2c2ccc(OC)cc2)C[C@@H]1c1ccc(C(F)(F)F)cc1N1CCC(C(=O)O)CC1. The number of methoxy groups -OCH3 is 2. The van der Waals surface area contributed by atoms with Crippen molar-refractivity contribution < 1.29 is 41.7 Å². The van der Waals surface area contributed by atoms with E-state index in [0.29, 0.717) is 41.4 Å². The summed E-state index contributed by atoms with van der Waals surface area (Å²) >= 11 is 0. The van der Waals surface area contributed by atoms with Crippen molar-refractivity contribution in [3.05, 3.63) is 77.6 Å². The number of carboxylic acid groups (broad SMARTS) is 1. The summed E-state index contributed by atoms with van der Waals surface area (Å²) in [5, 5.41) is 9.49. The molecule has 49 heavy (non-hydrogen) atoms. The van der Waals surface area contributed by atoms with E-state index < -0.39 is 47.0 Å². The Morgan fingerprint density at radius 3 is 2.29 bits per heavy atom. The van der Waals surface area contributed by atoms with E-state index in [1.54, 1.807) is 52.5 Å². The van der Waals surface area contributed by atoms with Crippen LogP contribution in [0.15, 0.2) is 60.9 Å². The molecule has 4 heterocycles. The largest absolute Gasteiger partial charge is 0.497 e. The fourth-order valence-corrected chi connectivity index (χ4v) is 7.56. The number of ether oxygens (including phenoxy) is 2. The van der Waals surface area contributed by atoms with Crippen LogP contribution in [0.4, 0.5) is 29.2 Å². The van der Waals surface area contributed by atoms with Gasteiger partial charge in [0, 0.05) is 75.7 Å². The fraction of sp³-hybridized carbons (Fsp3) is 0.486. The fourth-order valence-electron chi connectivity index (χ4n) is 7.56. The maximum absolute atomic E-state index is 17.6. The molecule has 0 aliphatic carbocycles. The molecule has 262 valence electrons. The number of hydrogen-bond donors (Lipinski definition) is 1. The van der Waals surface area contributed by atoms with Crippen molar-refractivity contribution >= 4 is 23.5 Å². The number of piperidine rings is 1. The van der Waals surface area contributed by atoms with Gasteiger partial charge in [0.15, 0.2) is 0 Å². The molecule has 0 radical (unpaired) electrons. The van der Waals surface area contributed by atoms with Gasteiger partial charge >= 0.3 is 12.1 Å². The van der Waals surface area contributed by atoms with Crippen LogP contribution in [0.1, 0.15) is 41.4 Å². The number of carbonyl (C=O) groups is 2. The number of aliphatic carboxylic acids is 1. The molecule has 0 unspecified atom stereocenters. The molecule has 0 spiro atoms. The molecule has 6 rings (SSSR count). The summed E-state index contributed by atoms with van der Waals surface area (Å²) in [4.78, 5) is 39.5. The summed E-state index contributed by atoms with van der Waals surface area (Å²) in [6, 6.07) is 12.1. The van der Waals surface area contributed by atoms with Gasteiger partial charge in [0.2, 0.25) is 11.6 Å². The summed E-state index contributed by atoms with van der Waals surface area (Å²) in [6.07, 6.45) is -0.904. The Kier molecular flexibility index (Phi) is 9.70. The molecule has 3 fully saturated rings. The number of anilines is 2. The Morgan fingerprint density at radius 2 is 1.67 bits per heavy atom. The normalized spacial score (nSPS) is 24.8. The number of hydrogen-bond acceptors (Lipinski definition) is 8. The maximum Gasteiger partial charge on any atom is 0.416 e. The van der Waals surface area contributed by atoms with E-state index in [-0.39, 0.29) is 51.8 Å². The lowest BCUT2D eigenvalue weighted by molar-refractivity contribution is -0.143. The first kappa shape index (κ1) is 34.4. The maximum atomic E-state index is 17.6. The van der Waals surface area contributed by atoms with Crippen molar-refractivity contribution in [2.24, 2.45) is 11.8 Å². The first-order valence-corrected chi connectivity index (χ1v) is 16.2. The number of halogens is 4. The summed E-state index contributed by atoms with van der Waals surface area (Å²) < 4.78 is 70.2. The van der Waals surface area contributed by atoms with Crippen LogP contribution in [-0.4, -0.2) is 97.6 Å². The standard InChI is InChI=1S/C35H39F4N5O5/c1-48-20-24-17-43(18-28(24)27-9-6-25(35(37,38)39)16-30(27)42-14-10-23(11-15-42)31(45)46)32(47)34(36)21-44(33-40-12-3-13-41-33)19-29(34)22-4-7-26(49-2)8-5-22/h3-9,12-13,16,23-24,28-29H,10-11,14-15,17-21H2,1-2H3,(H,45,46)/t24-,28+,29+,34+/m1/s1. The van der Waals surface area contributed by atoms with E-state index in [2.05, 4.69) is 9.97 Å². The molecule has 3 aliphatic heterocycles. The zero-order chi connectivity index (χ0) is 34.9. The highest BCUT2D eigenvalue weighted by atomic mass is 19.4. The zero-order valence-corrected chi connectivity index (χ0v) is 27.3. The molecular weight excluding hydrogens is 646 g/mol. The van der Waals surface area contributed by atoms with Crippen LogP contribution in [0, 0.1) is 11.8 Å². The number of benzene rings is 2. The molecule has 10 nitrogen and oxygen atoms in total. The van der Waals surface area contributed by atoms with Gasteiger partial charge in [0.25, 0.3) is 5.91 Å². The van der Waals surface area contributed by atoms with Gasteiger partial charge in [-0.1, -0.05) is 18.2 Å². The van der Waals surface area contributed by atoms with Crippen molar-refractivity contribution in [3.63, 3.8) is 0 Å². The molecule has 4 atom stereocenters. The Morgan fingerprint density at radius 1 is 0.980 bits per heavy atom. The number of alkyl halides is 4. The Labute approximate surface area is 281 Å². The summed E-state index contributed by atoms with van der Waals surface area (Å²) in [6.45, 7) is 0.802. The van der Waals surface area contributed by atoms with E-state index >= 15 is 4.39 Å². The minimum Gasteiger partial charge on any atom is -0.497 e. The number of aromatic nitrogens is 2. The Hall–Kier alpha value is -4.46. The first-order chi connectivity index (χ1) is 23.4. The summed E-state index contributed by atoms with van der Waals surface area (Å²) in [5.41, 5.74) is -1.65.